The van der Waals surface area contributed by atoms with E-state index in [2.05, 4.69) is 5.32 Å². The molecule has 0 saturated carbocycles. The fourth-order valence-corrected chi connectivity index (χ4v) is 5.88. The van der Waals surface area contributed by atoms with Gasteiger partial charge in [-0.15, -0.1) is 0 Å². The molecule has 1 aromatic carbocycles. The van der Waals surface area contributed by atoms with Gasteiger partial charge in [0, 0.05) is 43.6 Å². The molecule has 5 unspecified atom stereocenters. The summed E-state index contributed by atoms with van der Waals surface area (Å²) >= 11 is 0. The maximum absolute atomic E-state index is 14.2. The Morgan fingerprint density at radius 3 is 2.58 bits per heavy atom. The lowest BCUT2D eigenvalue weighted by molar-refractivity contribution is -0.146. The average molecular weight is 558 g/mol. The number of rotatable bonds is 5. The van der Waals surface area contributed by atoms with E-state index < -0.39 is 52.2 Å². The Balaban J connectivity index is 1.61. The van der Waals surface area contributed by atoms with Gasteiger partial charge in [0.15, 0.2) is 11.8 Å². The molecule has 11 heteroatoms. The molecule has 2 aromatic rings. The fraction of sp³-hybridized carbons (Fsp3) is 0.517. The van der Waals surface area contributed by atoms with Gasteiger partial charge < -0.3 is 24.3 Å². The van der Waals surface area contributed by atoms with Gasteiger partial charge in [-0.05, 0) is 51.0 Å². The van der Waals surface area contributed by atoms with E-state index in [1.807, 2.05) is 27.7 Å². The van der Waals surface area contributed by atoms with Crippen LogP contribution in [0.15, 0.2) is 29.2 Å². The lowest BCUT2D eigenvalue weighted by Gasteiger charge is -2.46. The monoisotopic (exact) mass is 557 g/mol. The molecule has 0 aliphatic carbocycles. The smallest absolute Gasteiger partial charge is 0.341 e. The lowest BCUT2D eigenvalue weighted by Crippen LogP contribution is -2.56. The second-order valence-corrected chi connectivity index (χ2v) is 11.4. The van der Waals surface area contributed by atoms with Gasteiger partial charge in [0.25, 0.3) is 11.8 Å². The van der Waals surface area contributed by atoms with Crippen LogP contribution in [0.4, 0.5) is 8.78 Å². The number of aromatic nitrogens is 1. The van der Waals surface area contributed by atoms with Crippen molar-refractivity contribution in [3.63, 3.8) is 0 Å². The third kappa shape index (κ3) is 4.70. The van der Waals surface area contributed by atoms with Crippen molar-refractivity contribution >= 4 is 17.8 Å². The molecule has 2 bridgehead atoms. The van der Waals surface area contributed by atoms with Crippen LogP contribution in [0.25, 0.3) is 0 Å². The van der Waals surface area contributed by atoms with Crippen molar-refractivity contribution in [3.8, 4) is 5.75 Å². The number of esters is 1. The fourth-order valence-electron chi connectivity index (χ4n) is 5.88. The molecule has 5 rings (SSSR count). The molecule has 0 radical (unpaired) electrons. The highest BCUT2D eigenvalue weighted by molar-refractivity contribution is 6.00. The first kappa shape index (κ1) is 27.9. The van der Waals surface area contributed by atoms with Crippen LogP contribution in [-0.2, 0) is 21.6 Å². The Kier molecular flexibility index (Phi) is 7.28. The minimum absolute atomic E-state index is 0.0241. The van der Waals surface area contributed by atoms with E-state index in [0.717, 1.165) is 18.9 Å². The van der Waals surface area contributed by atoms with Crippen LogP contribution in [0.5, 0.6) is 5.75 Å². The maximum Gasteiger partial charge on any atom is 0.341 e. The molecular formula is C29H33F2N3O6. The third-order valence-electron chi connectivity index (χ3n) is 8.80. The zero-order valence-electron chi connectivity index (χ0n) is 23.0. The number of nitrogens with one attached hydrogen (secondary N) is 1. The Bertz CT molecular complexity index is 1440. The van der Waals surface area contributed by atoms with Crippen molar-refractivity contribution in [1.82, 2.24) is 14.8 Å². The number of pyridine rings is 1. The van der Waals surface area contributed by atoms with Gasteiger partial charge in [0.05, 0.1) is 5.54 Å². The molecule has 0 spiro atoms. The van der Waals surface area contributed by atoms with Crippen molar-refractivity contribution in [3.05, 3.63) is 63.1 Å². The van der Waals surface area contributed by atoms with E-state index in [1.54, 1.807) is 9.47 Å². The topological polar surface area (TPSA) is 107 Å². The molecular weight excluding hydrogens is 524 g/mol. The molecule has 1 aromatic heterocycles. The summed E-state index contributed by atoms with van der Waals surface area (Å²) < 4.78 is 40.3. The maximum atomic E-state index is 14.2. The molecule has 3 aliphatic heterocycles. The summed E-state index contributed by atoms with van der Waals surface area (Å²) in [4.78, 5) is 55.8. The van der Waals surface area contributed by atoms with Crippen molar-refractivity contribution in [2.24, 2.45) is 11.8 Å². The average Bonchev–Trinajstić information content (AvgIpc) is 3.31. The molecule has 214 valence electrons. The Morgan fingerprint density at radius 1 is 1.15 bits per heavy atom. The van der Waals surface area contributed by atoms with Crippen LogP contribution >= 0.6 is 0 Å². The lowest BCUT2D eigenvalue weighted by atomic mass is 9.82. The van der Waals surface area contributed by atoms with Crippen molar-refractivity contribution in [2.45, 2.75) is 71.2 Å². The molecule has 2 fully saturated rings. The molecule has 5 atom stereocenters. The zero-order valence-corrected chi connectivity index (χ0v) is 23.0. The standard InChI is InChI=1S/C29H33F2N3O6/c1-15-9-10-39-24(15)28(38)40-25-22-27(37)33-14-29(4,16(2)5-6-17(33)3)34(22)13-20(23(25)35)26(36)32-12-18-7-8-19(30)11-21(18)31/h7-8,11,13,15-17,24H,5-6,9-10,12,14H2,1-4H3,(H,32,36). The molecule has 40 heavy (non-hydrogen) atoms. The predicted octanol–water partition coefficient (Wildman–Crippen LogP) is 3.38. The summed E-state index contributed by atoms with van der Waals surface area (Å²) in [6.07, 6.45) is 2.61. The minimum Gasteiger partial charge on any atom is -0.418 e. The minimum atomic E-state index is -0.931. The van der Waals surface area contributed by atoms with Crippen LogP contribution in [0.2, 0.25) is 0 Å². The number of carbonyl (C=O) groups excluding carboxylic acids is 3. The molecule has 9 nitrogen and oxygen atoms in total. The largest absolute Gasteiger partial charge is 0.418 e. The van der Waals surface area contributed by atoms with Gasteiger partial charge in [-0.2, -0.15) is 0 Å². The van der Waals surface area contributed by atoms with Crippen molar-refractivity contribution in [2.75, 3.05) is 13.2 Å². The van der Waals surface area contributed by atoms with Gasteiger partial charge in [-0.25, -0.2) is 13.6 Å². The highest BCUT2D eigenvalue weighted by atomic mass is 19.1. The van der Waals surface area contributed by atoms with Gasteiger partial charge in [0.1, 0.15) is 17.2 Å². The molecule has 2 amide bonds. The molecule has 3 aliphatic rings. The van der Waals surface area contributed by atoms with E-state index in [0.29, 0.717) is 25.6 Å². The third-order valence-corrected chi connectivity index (χ3v) is 8.80. The molecule has 1 N–H and O–H groups in total. The predicted molar refractivity (Wildman–Crippen MR) is 140 cm³/mol. The number of halogens is 2. The number of ether oxygens (including phenoxy) is 2. The highest BCUT2D eigenvalue weighted by Crippen LogP contribution is 2.42. The van der Waals surface area contributed by atoms with Gasteiger partial charge in [-0.3, -0.25) is 14.4 Å². The number of hydrogen-bond acceptors (Lipinski definition) is 6. The van der Waals surface area contributed by atoms with E-state index in [-0.39, 0.29) is 41.2 Å². The van der Waals surface area contributed by atoms with Crippen LogP contribution < -0.4 is 15.5 Å². The second kappa shape index (κ2) is 10.4. The number of nitrogens with zero attached hydrogens (tertiary/aromatic N) is 2. The normalized spacial score (nSPS) is 27.6. The summed E-state index contributed by atoms with van der Waals surface area (Å²) in [5.41, 5.74) is -2.06. The summed E-state index contributed by atoms with van der Waals surface area (Å²) in [6.45, 7) is 8.17. The Labute approximate surface area is 230 Å². The second-order valence-electron chi connectivity index (χ2n) is 11.4. The van der Waals surface area contributed by atoms with Crippen LogP contribution in [-0.4, -0.2) is 52.5 Å². The zero-order chi connectivity index (χ0) is 28.9. The SMILES string of the molecule is CC1CCOC1C(=O)Oc1c2n(cc(C(=O)NCc3ccc(F)cc3F)c1=O)C1(C)CN(C2=O)C(C)CCC1C. The van der Waals surface area contributed by atoms with Gasteiger partial charge in [0.2, 0.25) is 11.2 Å². The van der Waals surface area contributed by atoms with Crippen molar-refractivity contribution in [1.29, 1.82) is 0 Å². The van der Waals surface area contributed by atoms with Crippen LogP contribution in [0.3, 0.4) is 0 Å². The first-order valence-corrected chi connectivity index (χ1v) is 13.6. The number of hydrogen-bond donors (Lipinski definition) is 1. The van der Waals surface area contributed by atoms with Gasteiger partial charge in [-0.1, -0.05) is 19.9 Å². The number of fused-ring (bicyclic) bond motifs is 4. The van der Waals surface area contributed by atoms with E-state index >= 15 is 0 Å². The quantitative estimate of drug-likeness (QED) is 0.565. The Morgan fingerprint density at radius 2 is 1.90 bits per heavy atom. The van der Waals surface area contributed by atoms with Crippen LogP contribution in [0, 0.1) is 23.5 Å². The summed E-state index contributed by atoms with van der Waals surface area (Å²) in [6, 6.07) is 2.86. The van der Waals surface area contributed by atoms with Crippen LogP contribution in [0.1, 0.15) is 73.4 Å². The number of carbonyl (C=O) groups is 3. The summed E-state index contributed by atoms with van der Waals surface area (Å²) in [5, 5.41) is 2.50. The molecule has 4 heterocycles. The summed E-state index contributed by atoms with van der Waals surface area (Å²) in [5.74, 6) is -4.34. The van der Waals surface area contributed by atoms with E-state index in [1.165, 1.54) is 12.3 Å². The van der Waals surface area contributed by atoms with E-state index in [4.69, 9.17) is 9.47 Å². The van der Waals surface area contributed by atoms with Gasteiger partial charge >= 0.3 is 5.97 Å². The van der Waals surface area contributed by atoms with Crippen molar-refractivity contribution < 1.29 is 32.6 Å². The highest BCUT2D eigenvalue weighted by Gasteiger charge is 2.49. The first-order valence-electron chi connectivity index (χ1n) is 13.6. The Hall–Kier alpha value is -3.60. The molecule has 2 saturated heterocycles. The van der Waals surface area contributed by atoms with E-state index in [9.17, 15) is 28.0 Å². The number of benzene rings is 1. The first-order chi connectivity index (χ1) is 18.9. The summed E-state index contributed by atoms with van der Waals surface area (Å²) in [7, 11) is 0. The number of amides is 2.